The molecule has 0 saturated carbocycles. The summed E-state index contributed by atoms with van der Waals surface area (Å²) in [7, 11) is 0. The van der Waals surface area contributed by atoms with Crippen molar-refractivity contribution in [3.63, 3.8) is 0 Å². The van der Waals surface area contributed by atoms with Gasteiger partial charge in [-0.15, -0.1) is 0 Å². The minimum Gasteiger partial charge on any atom is -0.331 e. The monoisotopic (exact) mass is 492 g/mol. The van der Waals surface area contributed by atoms with Gasteiger partial charge in [0.15, 0.2) is 0 Å². The van der Waals surface area contributed by atoms with Gasteiger partial charge in [0, 0.05) is 24.1 Å². The topological polar surface area (TPSA) is 67.2 Å². The number of rotatable bonds is 13. The van der Waals surface area contributed by atoms with E-state index in [2.05, 4.69) is 17.3 Å². The van der Waals surface area contributed by atoms with Gasteiger partial charge in [0.05, 0.1) is 11.4 Å². The van der Waals surface area contributed by atoms with Crippen LogP contribution in [0.2, 0.25) is 0 Å². The molecule has 6 nitrogen and oxygen atoms in total. The molecule has 0 aliphatic heterocycles. The third-order valence-corrected chi connectivity index (χ3v) is 6.12. The average Bonchev–Trinajstić information content (AvgIpc) is 3.29. The molecule has 1 N–H and O–H groups in total. The van der Waals surface area contributed by atoms with Crippen molar-refractivity contribution in [3.05, 3.63) is 66.5 Å². The van der Waals surface area contributed by atoms with E-state index < -0.39 is 0 Å². The highest BCUT2D eigenvalue weighted by Gasteiger charge is 2.21. The van der Waals surface area contributed by atoms with Crippen LogP contribution in [0.1, 0.15) is 65.7 Å². The zero-order valence-electron chi connectivity index (χ0n) is 21.5. The number of carbonyl (C=O) groups excluding carboxylic acids is 2. The molecular weight excluding hydrogens is 455 g/mol. The highest BCUT2D eigenvalue weighted by molar-refractivity contribution is 5.94. The summed E-state index contributed by atoms with van der Waals surface area (Å²) in [6.45, 7) is 5.98. The number of nitrogens with zero attached hydrogens (tertiary/aromatic N) is 3. The normalized spacial score (nSPS) is 11.0. The van der Waals surface area contributed by atoms with Crippen molar-refractivity contribution in [3.8, 4) is 16.9 Å². The zero-order valence-corrected chi connectivity index (χ0v) is 21.5. The molecule has 0 bridgehead atoms. The Hall–Kier alpha value is -3.48. The minimum absolute atomic E-state index is 0.00680. The van der Waals surface area contributed by atoms with Crippen molar-refractivity contribution < 1.29 is 14.0 Å². The van der Waals surface area contributed by atoms with Crippen LogP contribution in [0.3, 0.4) is 0 Å². The van der Waals surface area contributed by atoms with E-state index in [1.54, 1.807) is 27.8 Å². The van der Waals surface area contributed by atoms with Crippen LogP contribution in [0.4, 0.5) is 10.2 Å². The third kappa shape index (κ3) is 7.77. The SMILES string of the molecule is CCCCCCCCC(=O)N(CC(=O)Nc1cc(-c2ccccc2)nn1-c1ccc(F)cc1)C(C)C. The van der Waals surface area contributed by atoms with Gasteiger partial charge < -0.3 is 10.2 Å². The molecule has 1 aromatic heterocycles. The first-order chi connectivity index (χ1) is 17.4. The molecule has 3 rings (SSSR count). The lowest BCUT2D eigenvalue weighted by molar-refractivity contribution is -0.136. The Morgan fingerprint density at radius 3 is 2.31 bits per heavy atom. The maximum absolute atomic E-state index is 13.5. The fourth-order valence-corrected chi connectivity index (χ4v) is 4.10. The van der Waals surface area contributed by atoms with E-state index in [0.717, 1.165) is 24.8 Å². The van der Waals surface area contributed by atoms with Gasteiger partial charge in [-0.3, -0.25) is 9.59 Å². The summed E-state index contributed by atoms with van der Waals surface area (Å²) >= 11 is 0. The van der Waals surface area contributed by atoms with E-state index in [-0.39, 0.29) is 30.2 Å². The van der Waals surface area contributed by atoms with E-state index in [1.165, 1.54) is 31.4 Å². The van der Waals surface area contributed by atoms with Crippen molar-refractivity contribution in [1.82, 2.24) is 14.7 Å². The molecule has 0 aliphatic rings. The number of halogens is 1. The summed E-state index contributed by atoms with van der Waals surface area (Å²) in [5.41, 5.74) is 2.19. The van der Waals surface area contributed by atoms with Crippen LogP contribution >= 0.6 is 0 Å². The molecular formula is C29H37FN4O2. The highest BCUT2D eigenvalue weighted by Crippen LogP contribution is 2.25. The first kappa shape index (κ1) is 27.1. The number of anilines is 1. The Bertz CT molecular complexity index is 1110. The van der Waals surface area contributed by atoms with Gasteiger partial charge in [0.2, 0.25) is 11.8 Å². The summed E-state index contributed by atoms with van der Waals surface area (Å²) in [6, 6.07) is 17.2. The van der Waals surface area contributed by atoms with Crippen LogP contribution in [0.25, 0.3) is 16.9 Å². The fourth-order valence-electron chi connectivity index (χ4n) is 4.10. The molecule has 0 saturated heterocycles. The first-order valence-electron chi connectivity index (χ1n) is 12.9. The van der Waals surface area contributed by atoms with Gasteiger partial charge in [-0.1, -0.05) is 69.4 Å². The molecule has 36 heavy (non-hydrogen) atoms. The van der Waals surface area contributed by atoms with Crippen molar-refractivity contribution in [1.29, 1.82) is 0 Å². The number of nitrogens with one attached hydrogen (secondary N) is 1. The van der Waals surface area contributed by atoms with Gasteiger partial charge in [-0.05, 0) is 44.5 Å². The lowest BCUT2D eigenvalue weighted by Crippen LogP contribution is -2.42. The van der Waals surface area contributed by atoms with Gasteiger partial charge in [-0.2, -0.15) is 5.10 Å². The zero-order chi connectivity index (χ0) is 25.9. The molecule has 2 amide bonds. The molecule has 0 atom stereocenters. The third-order valence-electron chi connectivity index (χ3n) is 6.12. The number of unbranched alkanes of at least 4 members (excludes halogenated alkanes) is 5. The smallest absolute Gasteiger partial charge is 0.245 e. The van der Waals surface area contributed by atoms with E-state index in [4.69, 9.17) is 0 Å². The van der Waals surface area contributed by atoms with Crippen LogP contribution in [0.5, 0.6) is 0 Å². The molecule has 0 aliphatic carbocycles. The van der Waals surface area contributed by atoms with Crippen molar-refractivity contribution >= 4 is 17.6 Å². The molecule has 192 valence electrons. The number of aromatic nitrogens is 2. The largest absolute Gasteiger partial charge is 0.331 e. The number of hydrogen-bond acceptors (Lipinski definition) is 3. The Morgan fingerprint density at radius 2 is 1.64 bits per heavy atom. The van der Waals surface area contributed by atoms with Gasteiger partial charge in [0.25, 0.3) is 0 Å². The standard InChI is InChI=1S/C29H37FN4O2/c1-4-5-6-7-8-12-15-29(36)33(22(2)3)21-28(35)31-27-20-26(23-13-10-9-11-14-23)32-34(27)25-18-16-24(30)17-19-25/h9-11,13-14,16-20,22H,4-8,12,15,21H2,1-3H3,(H,31,35). The molecule has 2 aromatic carbocycles. The second-order valence-electron chi connectivity index (χ2n) is 9.35. The number of hydrogen-bond donors (Lipinski definition) is 1. The van der Waals surface area contributed by atoms with Gasteiger partial charge in [-0.25, -0.2) is 9.07 Å². The van der Waals surface area contributed by atoms with Gasteiger partial charge in [0.1, 0.15) is 18.2 Å². The Kier molecular flexibility index (Phi) is 10.2. The maximum Gasteiger partial charge on any atom is 0.245 e. The molecule has 0 fully saturated rings. The summed E-state index contributed by atoms with van der Waals surface area (Å²) < 4.78 is 15.1. The molecule has 0 spiro atoms. The molecule has 0 unspecified atom stereocenters. The molecule has 7 heteroatoms. The van der Waals surface area contributed by atoms with Crippen molar-refractivity contribution in [2.75, 3.05) is 11.9 Å². The van der Waals surface area contributed by atoms with Crippen LogP contribution in [0, 0.1) is 5.82 Å². The number of amides is 2. The summed E-state index contributed by atoms with van der Waals surface area (Å²) in [6.07, 6.45) is 7.08. The fraction of sp³-hybridized carbons (Fsp3) is 0.414. The van der Waals surface area contributed by atoms with Crippen molar-refractivity contribution in [2.45, 2.75) is 71.8 Å². The van der Waals surface area contributed by atoms with E-state index in [0.29, 0.717) is 23.6 Å². The Labute approximate surface area is 213 Å². The Morgan fingerprint density at radius 1 is 0.972 bits per heavy atom. The Balaban J connectivity index is 1.71. The first-order valence-corrected chi connectivity index (χ1v) is 12.9. The van der Waals surface area contributed by atoms with Crippen LogP contribution in [-0.2, 0) is 9.59 Å². The van der Waals surface area contributed by atoms with Crippen molar-refractivity contribution in [2.24, 2.45) is 0 Å². The predicted molar refractivity (Wildman–Crippen MR) is 142 cm³/mol. The predicted octanol–water partition coefficient (Wildman–Crippen LogP) is 6.60. The van der Waals surface area contributed by atoms with Crippen LogP contribution < -0.4 is 5.32 Å². The average molecular weight is 493 g/mol. The van der Waals surface area contributed by atoms with Crippen LogP contribution in [-0.4, -0.2) is 39.1 Å². The van der Waals surface area contributed by atoms with E-state index in [9.17, 15) is 14.0 Å². The highest BCUT2D eigenvalue weighted by atomic mass is 19.1. The summed E-state index contributed by atoms with van der Waals surface area (Å²) in [5, 5.41) is 7.57. The summed E-state index contributed by atoms with van der Waals surface area (Å²) in [5.74, 6) is -0.204. The quantitative estimate of drug-likeness (QED) is 0.273. The van der Waals surface area contributed by atoms with E-state index >= 15 is 0 Å². The van der Waals surface area contributed by atoms with Crippen LogP contribution in [0.15, 0.2) is 60.7 Å². The molecule has 1 heterocycles. The van der Waals surface area contributed by atoms with E-state index in [1.807, 2.05) is 44.2 Å². The molecule has 0 radical (unpaired) electrons. The summed E-state index contributed by atoms with van der Waals surface area (Å²) in [4.78, 5) is 27.5. The lowest BCUT2D eigenvalue weighted by Gasteiger charge is -2.26. The molecule has 3 aromatic rings. The second kappa shape index (κ2) is 13.6. The minimum atomic E-state index is -0.351. The second-order valence-corrected chi connectivity index (χ2v) is 9.35. The lowest BCUT2D eigenvalue weighted by atomic mass is 10.1. The number of benzene rings is 2. The van der Waals surface area contributed by atoms with Gasteiger partial charge >= 0.3 is 0 Å². The number of carbonyl (C=O) groups is 2. The maximum atomic E-state index is 13.5.